The van der Waals surface area contributed by atoms with Crippen LogP contribution in [0.15, 0.2) is 0 Å². The zero-order valence-electron chi connectivity index (χ0n) is 11.7. The third kappa shape index (κ3) is 3.13. The van der Waals surface area contributed by atoms with Crippen LogP contribution in [0.25, 0.3) is 0 Å². The first-order valence-electron chi connectivity index (χ1n) is 7.01. The summed E-state index contributed by atoms with van der Waals surface area (Å²) in [6.45, 7) is 3.42. The SMILES string of the molecule is CCOC(=O)C1CCCN(S(=O)(=O)N2CC(CO)C2)C1. The van der Waals surface area contributed by atoms with E-state index in [-0.39, 0.29) is 31.0 Å². The normalized spacial score (nSPS) is 26.2. The fourth-order valence-electron chi connectivity index (χ4n) is 2.59. The molecule has 0 spiro atoms. The van der Waals surface area contributed by atoms with Crippen LogP contribution < -0.4 is 0 Å². The van der Waals surface area contributed by atoms with Crippen molar-refractivity contribution in [3.05, 3.63) is 0 Å². The first-order valence-corrected chi connectivity index (χ1v) is 8.41. The van der Waals surface area contributed by atoms with Crippen molar-refractivity contribution < 1.29 is 23.1 Å². The molecule has 0 saturated carbocycles. The summed E-state index contributed by atoms with van der Waals surface area (Å²) in [6.07, 6.45) is 1.34. The number of hydrogen-bond donors (Lipinski definition) is 1. The van der Waals surface area contributed by atoms with Gasteiger partial charge in [0.25, 0.3) is 10.2 Å². The summed E-state index contributed by atoms with van der Waals surface area (Å²) in [4.78, 5) is 11.7. The monoisotopic (exact) mass is 306 g/mol. The molecule has 116 valence electrons. The zero-order valence-corrected chi connectivity index (χ0v) is 12.5. The average molecular weight is 306 g/mol. The second-order valence-corrected chi connectivity index (χ2v) is 7.25. The van der Waals surface area contributed by atoms with Crippen molar-refractivity contribution in [2.75, 3.05) is 39.4 Å². The van der Waals surface area contributed by atoms with Crippen LogP contribution in [0.1, 0.15) is 19.8 Å². The Morgan fingerprint density at radius 2 is 2.00 bits per heavy atom. The largest absolute Gasteiger partial charge is 0.466 e. The topological polar surface area (TPSA) is 87.2 Å². The van der Waals surface area contributed by atoms with Gasteiger partial charge >= 0.3 is 5.97 Å². The smallest absolute Gasteiger partial charge is 0.310 e. The minimum atomic E-state index is -3.50. The molecule has 2 saturated heterocycles. The van der Waals surface area contributed by atoms with Crippen molar-refractivity contribution in [1.29, 1.82) is 0 Å². The van der Waals surface area contributed by atoms with Crippen LogP contribution in [-0.4, -0.2) is 67.5 Å². The average Bonchev–Trinajstić information content (AvgIpc) is 2.38. The number of nitrogens with zero attached hydrogens (tertiary/aromatic N) is 2. The fraction of sp³-hybridized carbons (Fsp3) is 0.917. The van der Waals surface area contributed by atoms with E-state index < -0.39 is 10.2 Å². The molecule has 20 heavy (non-hydrogen) atoms. The lowest BCUT2D eigenvalue weighted by molar-refractivity contribution is -0.149. The zero-order chi connectivity index (χ0) is 14.8. The van der Waals surface area contributed by atoms with Gasteiger partial charge in [0.2, 0.25) is 0 Å². The summed E-state index contributed by atoms with van der Waals surface area (Å²) in [5.74, 6) is -0.645. The molecule has 2 aliphatic heterocycles. The van der Waals surface area contributed by atoms with Gasteiger partial charge in [-0.25, -0.2) is 0 Å². The number of esters is 1. The molecule has 1 unspecified atom stereocenters. The Hall–Kier alpha value is -0.700. The Morgan fingerprint density at radius 3 is 2.60 bits per heavy atom. The van der Waals surface area contributed by atoms with Crippen molar-refractivity contribution in [2.45, 2.75) is 19.8 Å². The van der Waals surface area contributed by atoms with Gasteiger partial charge in [0, 0.05) is 38.7 Å². The highest BCUT2D eigenvalue weighted by Crippen LogP contribution is 2.26. The highest BCUT2D eigenvalue weighted by atomic mass is 32.2. The molecule has 0 aliphatic carbocycles. The summed E-state index contributed by atoms with van der Waals surface area (Å²) in [6, 6.07) is 0. The second-order valence-electron chi connectivity index (χ2n) is 5.32. The highest BCUT2D eigenvalue weighted by molar-refractivity contribution is 7.86. The van der Waals surface area contributed by atoms with Crippen molar-refractivity contribution in [2.24, 2.45) is 11.8 Å². The van der Waals surface area contributed by atoms with Crippen LogP contribution in [0, 0.1) is 11.8 Å². The summed E-state index contributed by atoms with van der Waals surface area (Å²) in [7, 11) is -3.50. The number of rotatable bonds is 5. The van der Waals surface area contributed by atoms with Crippen molar-refractivity contribution >= 4 is 16.2 Å². The Balaban J connectivity index is 1.96. The molecular formula is C12H22N2O5S. The first-order chi connectivity index (χ1) is 9.48. The van der Waals surface area contributed by atoms with Gasteiger partial charge in [-0.3, -0.25) is 4.79 Å². The third-order valence-corrected chi connectivity index (χ3v) is 5.77. The summed E-state index contributed by atoms with van der Waals surface area (Å²) < 4.78 is 32.4. The Morgan fingerprint density at radius 1 is 1.30 bits per heavy atom. The maximum atomic E-state index is 12.4. The van der Waals surface area contributed by atoms with Gasteiger partial charge in [-0.15, -0.1) is 0 Å². The maximum absolute atomic E-state index is 12.4. The van der Waals surface area contributed by atoms with Crippen LogP contribution in [0.4, 0.5) is 0 Å². The number of ether oxygens (including phenoxy) is 1. The molecule has 1 atom stereocenters. The number of carbonyl (C=O) groups is 1. The number of aliphatic hydroxyl groups excluding tert-OH is 1. The van der Waals surface area contributed by atoms with E-state index in [1.165, 1.54) is 8.61 Å². The van der Waals surface area contributed by atoms with E-state index in [2.05, 4.69) is 0 Å². The molecule has 0 bridgehead atoms. The van der Waals surface area contributed by atoms with Gasteiger partial charge in [0.1, 0.15) is 0 Å². The number of piperidine rings is 1. The Bertz CT molecular complexity index is 447. The van der Waals surface area contributed by atoms with Crippen LogP contribution in [0.2, 0.25) is 0 Å². The predicted octanol–water partition coefficient (Wildman–Crippen LogP) is -0.570. The van der Waals surface area contributed by atoms with Crippen LogP contribution in [-0.2, 0) is 19.7 Å². The Kier molecular flexibility index (Phi) is 5.00. The van der Waals surface area contributed by atoms with E-state index in [1.807, 2.05) is 0 Å². The Labute approximate surface area is 119 Å². The molecule has 2 heterocycles. The van der Waals surface area contributed by atoms with E-state index in [9.17, 15) is 13.2 Å². The third-order valence-electron chi connectivity index (χ3n) is 3.84. The molecule has 0 aromatic heterocycles. The van der Waals surface area contributed by atoms with Gasteiger partial charge in [-0.05, 0) is 19.8 Å². The van der Waals surface area contributed by atoms with Crippen LogP contribution >= 0.6 is 0 Å². The second kappa shape index (κ2) is 6.38. The molecule has 7 nitrogen and oxygen atoms in total. The quantitative estimate of drug-likeness (QED) is 0.687. The van der Waals surface area contributed by atoms with Gasteiger partial charge in [0.15, 0.2) is 0 Å². The molecule has 8 heteroatoms. The van der Waals surface area contributed by atoms with E-state index in [0.717, 1.165) is 0 Å². The lowest BCUT2D eigenvalue weighted by Crippen LogP contribution is -2.57. The van der Waals surface area contributed by atoms with Gasteiger partial charge < -0.3 is 9.84 Å². The van der Waals surface area contributed by atoms with E-state index >= 15 is 0 Å². The fourth-order valence-corrected chi connectivity index (χ4v) is 4.45. The van der Waals surface area contributed by atoms with E-state index in [1.54, 1.807) is 6.92 Å². The molecule has 0 aromatic rings. The summed E-state index contributed by atoms with van der Waals surface area (Å²) in [5, 5.41) is 8.96. The van der Waals surface area contributed by atoms with Crippen molar-refractivity contribution in [3.63, 3.8) is 0 Å². The molecule has 2 aliphatic rings. The number of hydrogen-bond acceptors (Lipinski definition) is 5. The van der Waals surface area contributed by atoms with Crippen molar-refractivity contribution in [1.82, 2.24) is 8.61 Å². The summed E-state index contributed by atoms with van der Waals surface area (Å²) in [5.41, 5.74) is 0. The molecule has 1 N–H and O–H groups in total. The molecule has 2 fully saturated rings. The van der Waals surface area contributed by atoms with E-state index in [0.29, 0.717) is 39.1 Å². The lowest BCUT2D eigenvalue weighted by atomic mass is 10.0. The standard InChI is InChI=1S/C12H22N2O5S/c1-2-19-12(16)11-4-3-5-13(8-11)20(17,18)14-6-10(7-14)9-15/h10-11,15H,2-9H2,1H3. The molecule has 0 amide bonds. The molecular weight excluding hydrogens is 284 g/mol. The number of carbonyl (C=O) groups excluding carboxylic acids is 1. The first kappa shape index (κ1) is 15.7. The molecule has 0 aromatic carbocycles. The maximum Gasteiger partial charge on any atom is 0.310 e. The van der Waals surface area contributed by atoms with E-state index in [4.69, 9.17) is 9.84 Å². The highest BCUT2D eigenvalue weighted by Gasteiger charge is 2.41. The lowest BCUT2D eigenvalue weighted by Gasteiger charge is -2.41. The van der Waals surface area contributed by atoms with Gasteiger partial charge in [0.05, 0.1) is 12.5 Å². The van der Waals surface area contributed by atoms with Crippen molar-refractivity contribution in [3.8, 4) is 0 Å². The minimum Gasteiger partial charge on any atom is -0.466 e. The predicted molar refractivity (Wildman–Crippen MR) is 72.0 cm³/mol. The van der Waals surface area contributed by atoms with Crippen LogP contribution in [0.5, 0.6) is 0 Å². The molecule has 0 radical (unpaired) electrons. The number of aliphatic hydroxyl groups is 1. The minimum absolute atomic E-state index is 0.0114. The van der Waals surface area contributed by atoms with Gasteiger partial charge in [-0.1, -0.05) is 0 Å². The molecule has 2 rings (SSSR count). The van der Waals surface area contributed by atoms with Crippen LogP contribution in [0.3, 0.4) is 0 Å². The summed E-state index contributed by atoms with van der Waals surface area (Å²) >= 11 is 0. The van der Waals surface area contributed by atoms with Gasteiger partial charge in [-0.2, -0.15) is 17.0 Å².